The summed E-state index contributed by atoms with van der Waals surface area (Å²) in [6.45, 7) is 0.0378. The van der Waals surface area contributed by atoms with Gasteiger partial charge in [0.05, 0.1) is 10.0 Å². The molecule has 2 atom stereocenters. The number of ether oxygens (including phenoxy) is 1. The average Bonchev–Trinajstić information content (AvgIpc) is 3.08. The third kappa shape index (κ3) is 4.37. The highest BCUT2D eigenvalue weighted by Gasteiger charge is 2.36. The number of hydrogen-bond donors (Lipinski definition) is 2. The Kier molecular flexibility index (Phi) is 6.51. The Morgan fingerprint density at radius 1 is 0.938 bits per heavy atom. The lowest BCUT2D eigenvalue weighted by molar-refractivity contribution is -0.159. The van der Waals surface area contributed by atoms with E-state index in [0.717, 1.165) is 22.3 Å². The van der Waals surface area contributed by atoms with E-state index in [1.807, 2.05) is 48.5 Å². The van der Waals surface area contributed by atoms with Gasteiger partial charge in [-0.05, 0) is 46.4 Å². The SMILES string of the molecule is NC(Cc1ccc(Cl)c(Cl)c1)[C@H](C(=O)O)C(=O)OCC1c2ccccc2-c2ccccc21. The van der Waals surface area contributed by atoms with Crippen molar-refractivity contribution in [1.82, 2.24) is 0 Å². The Balaban J connectivity index is 1.49. The molecule has 0 saturated carbocycles. The van der Waals surface area contributed by atoms with Gasteiger partial charge in [0.2, 0.25) is 0 Å². The molecule has 0 heterocycles. The summed E-state index contributed by atoms with van der Waals surface area (Å²) in [5.74, 6) is -3.84. The van der Waals surface area contributed by atoms with Gasteiger partial charge in [0, 0.05) is 12.0 Å². The van der Waals surface area contributed by atoms with Crippen LogP contribution in [0.3, 0.4) is 0 Å². The molecular weight excluding hydrogens is 449 g/mol. The first-order chi connectivity index (χ1) is 15.4. The molecule has 1 aliphatic carbocycles. The fourth-order valence-corrected chi connectivity index (χ4v) is 4.53. The zero-order valence-electron chi connectivity index (χ0n) is 17.0. The molecule has 4 rings (SSSR count). The minimum atomic E-state index is -1.50. The van der Waals surface area contributed by atoms with E-state index in [0.29, 0.717) is 15.6 Å². The van der Waals surface area contributed by atoms with Crippen molar-refractivity contribution in [2.75, 3.05) is 6.61 Å². The lowest BCUT2D eigenvalue weighted by Gasteiger charge is -2.21. The summed E-state index contributed by atoms with van der Waals surface area (Å²) >= 11 is 12.0. The van der Waals surface area contributed by atoms with E-state index < -0.39 is 23.9 Å². The summed E-state index contributed by atoms with van der Waals surface area (Å²) in [5, 5.41) is 10.4. The molecule has 0 saturated heterocycles. The van der Waals surface area contributed by atoms with Gasteiger partial charge in [-0.2, -0.15) is 0 Å². The summed E-state index contributed by atoms with van der Waals surface area (Å²) in [6.07, 6.45) is 0.137. The zero-order chi connectivity index (χ0) is 22.8. The molecule has 32 heavy (non-hydrogen) atoms. The maximum atomic E-state index is 12.8. The fraction of sp³-hybridized carbons (Fsp3) is 0.200. The first-order valence-corrected chi connectivity index (χ1v) is 10.9. The molecule has 5 nitrogen and oxygen atoms in total. The van der Waals surface area contributed by atoms with Crippen molar-refractivity contribution in [3.05, 3.63) is 93.5 Å². The van der Waals surface area contributed by atoms with Crippen LogP contribution in [0.25, 0.3) is 11.1 Å². The van der Waals surface area contributed by atoms with Crippen molar-refractivity contribution in [1.29, 1.82) is 0 Å². The van der Waals surface area contributed by atoms with Crippen LogP contribution in [0.2, 0.25) is 10.0 Å². The standard InChI is InChI=1S/C25H21Cl2NO4/c26-20-10-9-14(11-21(20)27)12-22(28)23(24(29)30)25(31)32-13-19-17-7-3-1-5-15(17)16-6-2-4-8-18(16)19/h1-11,19,22-23H,12-13,28H2,(H,29,30)/t22?,23-/m1/s1. The Hall–Kier alpha value is -2.86. The highest BCUT2D eigenvalue weighted by molar-refractivity contribution is 6.42. The Morgan fingerprint density at radius 2 is 1.53 bits per heavy atom. The number of carbonyl (C=O) groups excluding carboxylic acids is 1. The normalized spacial score (nSPS) is 14.3. The van der Waals surface area contributed by atoms with Gasteiger partial charge in [0.25, 0.3) is 0 Å². The van der Waals surface area contributed by atoms with Gasteiger partial charge in [-0.15, -0.1) is 0 Å². The summed E-state index contributed by atoms with van der Waals surface area (Å²) < 4.78 is 5.52. The van der Waals surface area contributed by atoms with E-state index in [2.05, 4.69) is 0 Å². The predicted molar refractivity (Wildman–Crippen MR) is 124 cm³/mol. The van der Waals surface area contributed by atoms with Crippen LogP contribution in [0.1, 0.15) is 22.6 Å². The number of esters is 1. The fourth-order valence-electron chi connectivity index (χ4n) is 4.21. The molecule has 7 heteroatoms. The molecule has 3 aromatic carbocycles. The molecule has 0 radical (unpaired) electrons. The number of nitrogens with two attached hydrogens (primary N) is 1. The van der Waals surface area contributed by atoms with Crippen LogP contribution < -0.4 is 5.73 Å². The summed E-state index contributed by atoms with van der Waals surface area (Å²) in [7, 11) is 0. The quantitative estimate of drug-likeness (QED) is 0.378. The largest absolute Gasteiger partial charge is 0.481 e. The molecule has 3 aromatic rings. The van der Waals surface area contributed by atoms with Crippen LogP contribution in [0, 0.1) is 5.92 Å². The molecule has 164 valence electrons. The van der Waals surface area contributed by atoms with Gasteiger partial charge in [-0.1, -0.05) is 77.8 Å². The molecule has 0 bridgehead atoms. The zero-order valence-corrected chi connectivity index (χ0v) is 18.5. The second-order valence-electron chi connectivity index (χ2n) is 7.79. The Bertz CT molecular complexity index is 1130. The van der Waals surface area contributed by atoms with Gasteiger partial charge < -0.3 is 15.6 Å². The monoisotopic (exact) mass is 469 g/mol. The van der Waals surface area contributed by atoms with Crippen LogP contribution in [0.4, 0.5) is 0 Å². The summed E-state index contributed by atoms with van der Waals surface area (Å²) in [5.41, 5.74) is 11.1. The molecule has 0 amide bonds. The average molecular weight is 470 g/mol. The van der Waals surface area contributed by atoms with E-state index >= 15 is 0 Å². The first-order valence-electron chi connectivity index (χ1n) is 10.1. The van der Waals surface area contributed by atoms with Gasteiger partial charge >= 0.3 is 11.9 Å². The van der Waals surface area contributed by atoms with Gasteiger partial charge in [-0.25, -0.2) is 0 Å². The molecule has 0 aromatic heterocycles. The number of fused-ring (bicyclic) bond motifs is 3. The third-order valence-electron chi connectivity index (χ3n) is 5.76. The smallest absolute Gasteiger partial charge is 0.321 e. The number of carboxylic acid groups (broad SMARTS) is 1. The molecule has 3 N–H and O–H groups in total. The summed E-state index contributed by atoms with van der Waals surface area (Å²) in [4.78, 5) is 24.6. The molecular formula is C25H21Cl2NO4. The van der Waals surface area contributed by atoms with Crippen LogP contribution in [0.15, 0.2) is 66.7 Å². The van der Waals surface area contributed by atoms with Crippen LogP contribution in [0.5, 0.6) is 0 Å². The van der Waals surface area contributed by atoms with Crippen molar-refractivity contribution in [2.24, 2.45) is 11.7 Å². The van der Waals surface area contributed by atoms with Crippen molar-refractivity contribution >= 4 is 35.1 Å². The van der Waals surface area contributed by atoms with Crippen molar-refractivity contribution in [3.8, 4) is 11.1 Å². The third-order valence-corrected chi connectivity index (χ3v) is 6.50. The number of benzene rings is 3. The van der Waals surface area contributed by atoms with Crippen LogP contribution in [-0.4, -0.2) is 29.7 Å². The number of carbonyl (C=O) groups is 2. The topological polar surface area (TPSA) is 89.6 Å². The minimum Gasteiger partial charge on any atom is -0.481 e. The molecule has 0 aliphatic heterocycles. The van der Waals surface area contributed by atoms with Crippen molar-refractivity contribution < 1.29 is 19.4 Å². The highest BCUT2D eigenvalue weighted by Crippen LogP contribution is 2.44. The minimum absolute atomic E-state index is 0.0378. The maximum Gasteiger partial charge on any atom is 0.321 e. The molecule has 0 fully saturated rings. The molecule has 1 unspecified atom stereocenters. The number of aliphatic carboxylic acids is 1. The van der Waals surface area contributed by atoms with E-state index in [-0.39, 0.29) is 18.9 Å². The molecule has 0 spiro atoms. The van der Waals surface area contributed by atoms with E-state index in [9.17, 15) is 14.7 Å². The lowest BCUT2D eigenvalue weighted by Crippen LogP contribution is -2.43. The number of carboxylic acids is 1. The van der Waals surface area contributed by atoms with Gasteiger partial charge in [0.1, 0.15) is 6.61 Å². The Morgan fingerprint density at radius 3 is 2.09 bits per heavy atom. The summed E-state index contributed by atoms with van der Waals surface area (Å²) in [6, 6.07) is 19.8. The van der Waals surface area contributed by atoms with Crippen LogP contribution >= 0.6 is 23.2 Å². The van der Waals surface area contributed by atoms with Gasteiger partial charge in [0.15, 0.2) is 5.92 Å². The van der Waals surface area contributed by atoms with Crippen molar-refractivity contribution in [2.45, 2.75) is 18.4 Å². The van der Waals surface area contributed by atoms with E-state index in [4.69, 9.17) is 33.7 Å². The highest BCUT2D eigenvalue weighted by atomic mass is 35.5. The van der Waals surface area contributed by atoms with Gasteiger partial charge in [-0.3, -0.25) is 9.59 Å². The van der Waals surface area contributed by atoms with Crippen molar-refractivity contribution in [3.63, 3.8) is 0 Å². The van der Waals surface area contributed by atoms with E-state index in [1.165, 1.54) is 0 Å². The molecule has 1 aliphatic rings. The van der Waals surface area contributed by atoms with E-state index in [1.54, 1.807) is 18.2 Å². The maximum absolute atomic E-state index is 12.8. The number of halogens is 2. The number of rotatable bonds is 7. The first kappa shape index (κ1) is 22.3. The lowest BCUT2D eigenvalue weighted by atomic mass is 9.94. The van der Waals surface area contributed by atoms with Crippen LogP contribution in [-0.2, 0) is 20.7 Å². The number of hydrogen-bond acceptors (Lipinski definition) is 4. The predicted octanol–water partition coefficient (Wildman–Crippen LogP) is 4.92. The second-order valence-corrected chi connectivity index (χ2v) is 8.60. The Labute approximate surface area is 195 Å². The second kappa shape index (κ2) is 9.33.